The quantitative estimate of drug-likeness (QED) is 0.755. The molecule has 2 aromatic rings. The zero-order valence-corrected chi connectivity index (χ0v) is 10.6. The van der Waals surface area contributed by atoms with Crippen LogP contribution in [0.1, 0.15) is 11.1 Å². The predicted octanol–water partition coefficient (Wildman–Crippen LogP) is 3.87. The molecule has 0 unspecified atom stereocenters. The molecule has 0 saturated heterocycles. The lowest BCUT2D eigenvalue weighted by molar-refractivity contribution is 0.394. The maximum Gasteiger partial charge on any atom is 0.123 e. The summed E-state index contributed by atoms with van der Waals surface area (Å²) in [6.07, 6.45) is 4.11. The summed E-state index contributed by atoms with van der Waals surface area (Å²) in [5.41, 5.74) is 2.22. The first-order valence-corrected chi connectivity index (χ1v) is 5.78. The highest BCUT2D eigenvalue weighted by Gasteiger charge is 1.99. The normalized spacial score (nSPS) is 10.6. The summed E-state index contributed by atoms with van der Waals surface area (Å²) in [6, 6.07) is 16.0. The van der Waals surface area contributed by atoms with Gasteiger partial charge in [0.05, 0.1) is 14.2 Å². The highest BCUT2D eigenvalue weighted by atomic mass is 16.5. The second kappa shape index (κ2) is 5.92. The van der Waals surface area contributed by atoms with Crippen molar-refractivity contribution in [2.24, 2.45) is 0 Å². The highest BCUT2D eigenvalue weighted by Crippen LogP contribution is 2.23. The van der Waals surface area contributed by atoms with Crippen LogP contribution >= 0.6 is 0 Å². The minimum Gasteiger partial charge on any atom is -0.497 e. The Bertz CT molecular complexity index is 508. The third-order valence-corrected chi connectivity index (χ3v) is 2.64. The Hall–Kier alpha value is -2.22. The van der Waals surface area contributed by atoms with Crippen molar-refractivity contribution in [1.29, 1.82) is 0 Å². The minimum absolute atomic E-state index is 0.794. The molecule has 0 spiro atoms. The molecule has 0 saturated carbocycles. The third-order valence-electron chi connectivity index (χ3n) is 2.64. The summed E-state index contributed by atoms with van der Waals surface area (Å²) < 4.78 is 10.5. The minimum atomic E-state index is 0.794. The second-order valence-electron chi connectivity index (χ2n) is 3.89. The molecule has 0 N–H and O–H groups in total. The Balaban J connectivity index is 2.25. The van der Waals surface area contributed by atoms with Gasteiger partial charge in [-0.1, -0.05) is 42.5 Å². The summed E-state index contributed by atoms with van der Waals surface area (Å²) in [5, 5.41) is 0. The molecule has 0 fully saturated rings. The number of ether oxygens (including phenoxy) is 2. The van der Waals surface area contributed by atoms with Crippen molar-refractivity contribution in [3.05, 3.63) is 59.7 Å². The molecule has 0 aromatic heterocycles. The van der Waals surface area contributed by atoms with Crippen LogP contribution in [0.3, 0.4) is 0 Å². The molecule has 2 rings (SSSR count). The molecule has 0 amide bonds. The van der Waals surface area contributed by atoms with Crippen LogP contribution in [0, 0.1) is 0 Å². The van der Waals surface area contributed by atoms with Gasteiger partial charge in [0.2, 0.25) is 0 Å². The fraction of sp³-hybridized carbons (Fsp3) is 0.125. The van der Waals surface area contributed by atoms with Gasteiger partial charge in [0.25, 0.3) is 0 Å². The molecule has 0 atom stereocenters. The average Bonchev–Trinajstić information content (AvgIpc) is 2.45. The maximum atomic E-state index is 5.24. The van der Waals surface area contributed by atoms with E-state index in [0.29, 0.717) is 0 Å². The first-order chi connectivity index (χ1) is 8.81. The van der Waals surface area contributed by atoms with Crippen LogP contribution in [0.2, 0.25) is 0 Å². The third kappa shape index (κ3) is 3.14. The Morgan fingerprint density at radius 3 is 1.83 bits per heavy atom. The van der Waals surface area contributed by atoms with E-state index in [1.165, 1.54) is 5.56 Å². The van der Waals surface area contributed by atoms with Crippen LogP contribution in [0.4, 0.5) is 0 Å². The molecule has 0 aliphatic carbocycles. The van der Waals surface area contributed by atoms with Gasteiger partial charge in [0, 0.05) is 6.07 Å². The molecule has 92 valence electrons. The number of benzene rings is 2. The van der Waals surface area contributed by atoms with Crippen LogP contribution in [0.5, 0.6) is 11.5 Å². The molecule has 0 bridgehead atoms. The number of hydrogen-bond donors (Lipinski definition) is 0. The van der Waals surface area contributed by atoms with Gasteiger partial charge in [-0.3, -0.25) is 0 Å². The van der Waals surface area contributed by atoms with Crippen LogP contribution in [-0.2, 0) is 0 Å². The van der Waals surface area contributed by atoms with E-state index in [9.17, 15) is 0 Å². The molecule has 0 heterocycles. The summed E-state index contributed by atoms with van der Waals surface area (Å²) in [6.45, 7) is 0. The van der Waals surface area contributed by atoms with Crippen molar-refractivity contribution in [1.82, 2.24) is 0 Å². The van der Waals surface area contributed by atoms with Crippen molar-refractivity contribution >= 4 is 12.2 Å². The summed E-state index contributed by atoms with van der Waals surface area (Å²) in [4.78, 5) is 0. The van der Waals surface area contributed by atoms with E-state index in [0.717, 1.165) is 17.1 Å². The van der Waals surface area contributed by atoms with E-state index in [2.05, 4.69) is 18.2 Å². The summed E-state index contributed by atoms with van der Waals surface area (Å²) in [7, 11) is 3.30. The van der Waals surface area contributed by atoms with Crippen molar-refractivity contribution in [2.75, 3.05) is 14.2 Å². The molecule has 2 nitrogen and oxygen atoms in total. The molecule has 0 aliphatic heterocycles. The van der Waals surface area contributed by atoms with E-state index in [1.807, 2.05) is 42.5 Å². The van der Waals surface area contributed by atoms with Gasteiger partial charge >= 0.3 is 0 Å². The SMILES string of the molecule is COc1cc(/C=C/c2ccccc2)cc(OC)c1. The van der Waals surface area contributed by atoms with Gasteiger partial charge in [-0.15, -0.1) is 0 Å². The van der Waals surface area contributed by atoms with E-state index >= 15 is 0 Å². The van der Waals surface area contributed by atoms with Crippen molar-refractivity contribution < 1.29 is 9.47 Å². The van der Waals surface area contributed by atoms with Gasteiger partial charge < -0.3 is 9.47 Å². The van der Waals surface area contributed by atoms with E-state index < -0.39 is 0 Å². The van der Waals surface area contributed by atoms with Gasteiger partial charge in [-0.2, -0.15) is 0 Å². The van der Waals surface area contributed by atoms with E-state index in [-0.39, 0.29) is 0 Å². The van der Waals surface area contributed by atoms with Gasteiger partial charge in [-0.05, 0) is 23.3 Å². The lowest BCUT2D eigenvalue weighted by Crippen LogP contribution is -1.88. The summed E-state index contributed by atoms with van der Waals surface area (Å²) >= 11 is 0. The smallest absolute Gasteiger partial charge is 0.123 e. The van der Waals surface area contributed by atoms with E-state index in [4.69, 9.17) is 9.47 Å². The molecule has 18 heavy (non-hydrogen) atoms. The lowest BCUT2D eigenvalue weighted by atomic mass is 10.1. The Morgan fingerprint density at radius 2 is 1.28 bits per heavy atom. The zero-order valence-electron chi connectivity index (χ0n) is 10.6. The largest absolute Gasteiger partial charge is 0.497 e. The first kappa shape index (κ1) is 12.2. The number of methoxy groups -OCH3 is 2. The van der Waals surface area contributed by atoms with Gasteiger partial charge in [0.15, 0.2) is 0 Å². The Labute approximate surface area is 107 Å². The van der Waals surface area contributed by atoms with Crippen molar-refractivity contribution in [2.45, 2.75) is 0 Å². The Morgan fingerprint density at radius 1 is 0.722 bits per heavy atom. The topological polar surface area (TPSA) is 18.5 Å². The fourth-order valence-electron chi connectivity index (χ4n) is 1.68. The number of hydrogen-bond acceptors (Lipinski definition) is 2. The molecule has 2 aromatic carbocycles. The molecule has 0 aliphatic rings. The average molecular weight is 240 g/mol. The molecule has 2 heteroatoms. The fourth-order valence-corrected chi connectivity index (χ4v) is 1.68. The van der Waals surface area contributed by atoms with E-state index in [1.54, 1.807) is 14.2 Å². The monoisotopic (exact) mass is 240 g/mol. The van der Waals surface area contributed by atoms with Crippen molar-refractivity contribution in [3.63, 3.8) is 0 Å². The Kier molecular flexibility index (Phi) is 4.02. The highest BCUT2D eigenvalue weighted by molar-refractivity contribution is 5.70. The first-order valence-electron chi connectivity index (χ1n) is 5.78. The molecule has 0 radical (unpaired) electrons. The van der Waals surface area contributed by atoms with Crippen LogP contribution in [0.25, 0.3) is 12.2 Å². The van der Waals surface area contributed by atoms with Crippen LogP contribution in [-0.4, -0.2) is 14.2 Å². The van der Waals surface area contributed by atoms with Crippen LogP contribution in [0.15, 0.2) is 48.5 Å². The molecular weight excluding hydrogens is 224 g/mol. The lowest BCUT2D eigenvalue weighted by Gasteiger charge is -2.05. The summed E-state index contributed by atoms with van der Waals surface area (Å²) in [5.74, 6) is 1.59. The standard InChI is InChI=1S/C16H16O2/c1-17-15-10-14(11-16(12-15)18-2)9-8-13-6-4-3-5-7-13/h3-12H,1-2H3/b9-8+. The molecular formula is C16H16O2. The maximum absolute atomic E-state index is 5.24. The van der Waals surface area contributed by atoms with Crippen molar-refractivity contribution in [3.8, 4) is 11.5 Å². The van der Waals surface area contributed by atoms with Gasteiger partial charge in [0.1, 0.15) is 11.5 Å². The second-order valence-corrected chi connectivity index (χ2v) is 3.89. The van der Waals surface area contributed by atoms with Gasteiger partial charge in [-0.25, -0.2) is 0 Å². The predicted molar refractivity (Wildman–Crippen MR) is 74.9 cm³/mol. The number of rotatable bonds is 4. The van der Waals surface area contributed by atoms with Crippen LogP contribution < -0.4 is 9.47 Å². The zero-order chi connectivity index (χ0) is 12.8.